The minimum Gasteiger partial charge on any atom is -0.310 e. The molecule has 0 saturated carbocycles. The lowest BCUT2D eigenvalue weighted by atomic mass is 9.94. The SMILES string of the molecule is Clc1ccc(CCNC2CCCc3sc(I)cc32)c(Cl)c1. The second-order valence-corrected chi connectivity index (χ2v) is 9.19. The van der Waals surface area contributed by atoms with E-state index < -0.39 is 0 Å². The molecule has 1 aromatic carbocycles. The van der Waals surface area contributed by atoms with Crippen LogP contribution in [0, 0.1) is 2.88 Å². The van der Waals surface area contributed by atoms with Gasteiger partial charge in [-0.05, 0) is 84.1 Å². The molecule has 0 amide bonds. The average molecular weight is 452 g/mol. The van der Waals surface area contributed by atoms with Crippen LogP contribution in [0.3, 0.4) is 0 Å². The van der Waals surface area contributed by atoms with Gasteiger partial charge in [0.05, 0.1) is 2.88 Å². The standard InChI is InChI=1S/C16H16Cl2INS/c17-11-5-4-10(13(18)8-11)6-7-20-14-2-1-3-15-12(14)9-16(19)21-15/h4-5,8-9,14,20H,1-3,6-7H2. The van der Waals surface area contributed by atoms with Crippen molar-refractivity contribution in [2.45, 2.75) is 31.7 Å². The molecule has 5 heteroatoms. The van der Waals surface area contributed by atoms with Crippen LogP contribution in [0.5, 0.6) is 0 Å². The van der Waals surface area contributed by atoms with Gasteiger partial charge < -0.3 is 5.32 Å². The van der Waals surface area contributed by atoms with E-state index in [4.69, 9.17) is 23.2 Å². The van der Waals surface area contributed by atoms with Crippen LogP contribution in [0.4, 0.5) is 0 Å². The highest BCUT2D eigenvalue weighted by Gasteiger charge is 2.21. The highest BCUT2D eigenvalue weighted by Crippen LogP contribution is 2.36. The minimum atomic E-state index is 0.500. The summed E-state index contributed by atoms with van der Waals surface area (Å²) in [6.07, 6.45) is 4.68. The molecule has 1 N–H and O–H groups in total. The molecule has 1 nitrogen and oxygen atoms in total. The summed E-state index contributed by atoms with van der Waals surface area (Å²) in [6.45, 7) is 0.942. The first-order chi connectivity index (χ1) is 10.1. The normalized spacial score (nSPS) is 17.8. The van der Waals surface area contributed by atoms with Gasteiger partial charge in [-0.15, -0.1) is 11.3 Å². The zero-order chi connectivity index (χ0) is 14.8. The molecule has 0 bridgehead atoms. The van der Waals surface area contributed by atoms with Gasteiger partial charge in [0.1, 0.15) is 0 Å². The molecule has 0 radical (unpaired) electrons. The summed E-state index contributed by atoms with van der Waals surface area (Å²) in [4.78, 5) is 1.56. The smallest absolute Gasteiger partial charge is 0.0659 e. The summed E-state index contributed by atoms with van der Waals surface area (Å²) in [5.41, 5.74) is 2.67. The Balaban J connectivity index is 1.61. The van der Waals surface area contributed by atoms with Crippen molar-refractivity contribution in [2.24, 2.45) is 0 Å². The van der Waals surface area contributed by atoms with E-state index in [0.717, 1.165) is 23.6 Å². The Labute approximate surface area is 153 Å². The van der Waals surface area contributed by atoms with Crippen molar-refractivity contribution in [3.05, 3.63) is 53.2 Å². The number of thiophene rings is 1. The summed E-state index contributed by atoms with van der Waals surface area (Å²) >= 11 is 16.5. The molecule has 112 valence electrons. The van der Waals surface area contributed by atoms with Crippen molar-refractivity contribution in [1.29, 1.82) is 0 Å². The summed E-state index contributed by atoms with van der Waals surface area (Å²) in [5.74, 6) is 0. The molecule has 1 atom stereocenters. The van der Waals surface area contributed by atoms with Crippen molar-refractivity contribution in [1.82, 2.24) is 5.32 Å². The number of nitrogens with one attached hydrogen (secondary N) is 1. The van der Waals surface area contributed by atoms with Gasteiger partial charge in [-0.1, -0.05) is 29.3 Å². The molecule has 21 heavy (non-hydrogen) atoms. The molecule has 0 fully saturated rings. The maximum absolute atomic E-state index is 6.22. The van der Waals surface area contributed by atoms with Crippen molar-refractivity contribution in [3.63, 3.8) is 0 Å². The number of aryl methyl sites for hydroxylation is 1. The van der Waals surface area contributed by atoms with Crippen molar-refractivity contribution in [2.75, 3.05) is 6.54 Å². The fraction of sp³-hybridized carbons (Fsp3) is 0.375. The zero-order valence-corrected chi connectivity index (χ0v) is 16.0. The number of hydrogen-bond donors (Lipinski definition) is 1. The minimum absolute atomic E-state index is 0.500. The van der Waals surface area contributed by atoms with E-state index in [2.05, 4.69) is 34.0 Å². The summed E-state index contributed by atoms with van der Waals surface area (Å²) in [6, 6.07) is 8.58. The maximum Gasteiger partial charge on any atom is 0.0659 e. The first-order valence-corrected chi connectivity index (χ1v) is 9.74. The van der Waals surface area contributed by atoms with Crippen LogP contribution in [0.15, 0.2) is 24.3 Å². The van der Waals surface area contributed by atoms with Gasteiger partial charge >= 0.3 is 0 Å². The van der Waals surface area contributed by atoms with Crippen LogP contribution in [-0.2, 0) is 12.8 Å². The number of benzene rings is 1. The number of hydrogen-bond acceptors (Lipinski definition) is 2. The maximum atomic E-state index is 6.22. The second kappa shape index (κ2) is 7.18. The second-order valence-electron chi connectivity index (χ2n) is 5.31. The molecule has 1 aliphatic rings. The average Bonchev–Trinajstić information content (AvgIpc) is 2.82. The fourth-order valence-electron chi connectivity index (χ4n) is 2.84. The van der Waals surface area contributed by atoms with E-state index >= 15 is 0 Å². The largest absolute Gasteiger partial charge is 0.310 e. The molecule has 2 aromatic rings. The van der Waals surface area contributed by atoms with Crippen LogP contribution in [0.1, 0.15) is 34.9 Å². The lowest BCUT2D eigenvalue weighted by Crippen LogP contribution is -2.26. The molecule has 0 spiro atoms. The van der Waals surface area contributed by atoms with Gasteiger partial charge in [0, 0.05) is 21.0 Å². The quantitative estimate of drug-likeness (QED) is 0.573. The van der Waals surface area contributed by atoms with E-state index in [1.807, 2.05) is 29.5 Å². The van der Waals surface area contributed by atoms with Crippen LogP contribution in [0.2, 0.25) is 10.0 Å². The number of fused-ring (bicyclic) bond motifs is 1. The van der Waals surface area contributed by atoms with Crippen molar-refractivity contribution >= 4 is 57.1 Å². The van der Waals surface area contributed by atoms with E-state index in [1.54, 1.807) is 4.88 Å². The summed E-state index contributed by atoms with van der Waals surface area (Å²) in [5, 5.41) is 5.15. The molecular weight excluding hydrogens is 436 g/mol. The van der Waals surface area contributed by atoms with E-state index in [0.29, 0.717) is 11.1 Å². The predicted molar refractivity (Wildman–Crippen MR) is 101 cm³/mol. The zero-order valence-electron chi connectivity index (χ0n) is 11.5. The third kappa shape index (κ3) is 3.94. The first-order valence-electron chi connectivity index (χ1n) is 7.09. The third-order valence-corrected chi connectivity index (χ3v) is 6.44. The van der Waals surface area contributed by atoms with Gasteiger partial charge in [-0.3, -0.25) is 0 Å². The Kier molecular flexibility index (Phi) is 5.49. The first kappa shape index (κ1) is 16.1. The van der Waals surface area contributed by atoms with E-state index in [1.165, 1.54) is 27.7 Å². The fourth-order valence-corrected chi connectivity index (χ4v) is 5.46. The third-order valence-electron chi connectivity index (χ3n) is 3.88. The van der Waals surface area contributed by atoms with Crippen molar-refractivity contribution < 1.29 is 0 Å². The molecule has 0 saturated heterocycles. The van der Waals surface area contributed by atoms with E-state index in [-0.39, 0.29) is 0 Å². The Morgan fingerprint density at radius 3 is 2.95 bits per heavy atom. The topological polar surface area (TPSA) is 12.0 Å². The highest BCUT2D eigenvalue weighted by molar-refractivity contribution is 14.1. The van der Waals surface area contributed by atoms with Gasteiger partial charge in [0.15, 0.2) is 0 Å². The predicted octanol–water partition coefficient (Wildman–Crippen LogP) is 5.87. The molecule has 1 unspecified atom stereocenters. The van der Waals surface area contributed by atoms with Gasteiger partial charge in [0.2, 0.25) is 0 Å². The Hall–Kier alpha value is 0.190. The number of rotatable bonds is 4. The molecule has 3 rings (SSSR count). The van der Waals surface area contributed by atoms with Crippen LogP contribution in [-0.4, -0.2) is 6.54 Å². The highest BCUT2D eigenvalue weighted by atomic mass is 127. The molecule has 0 aliphatic heterocycles. The lowest BCUT2D eigenvalue weighted by Gasteiger charge is -2.23. The molecule has 1 aromatic heterocycles. The van der Waals surface area contributed by atoms with Gasteiger partial charge in [0.25, 0.3) is 0 Å². The Morgan fingerprint density at radius 2 is 2.14 bits per heavy atom. The van der Waals surface area contributed by atoms with Crippen LogP contribution >= 0.6 is 57.1 Å². The molecule has 1 aliphatic carbocycles. The Morgan fingerprint density at radius 1 is 1.29 bits per heavy atom. The number of halogens is 3. The van der Waals surface area contributed by atoms with Gasteiger partial charge in [-0.2, -0.15) is 0 Å². The lowest BCUT2D eigenvalue weighted by molar-refractivity contribution is 0.467. The van der Waals surface area contributed by atoms with Crippen LogP contribution < -0.4 is 5.32 Å². The summed E-state index contributed by atoms with van der Waals surface area (Å²) < 4.78 is 1.40. The van der Waals surface area contributed by atoms with Crippen molar-refractivity contribution in [3.8, 4) is 0 Å². The Bertz CT molecular complexity index is 641. The van der Waals surface area contributed by atoms with Crippen LogP contribution in [0.25, 0.3) is 0 Å². The molecular formula is C16H16Cl2INS. The monoisotopic (exact) mass is 451 g/mol. The van der Waals surface area contributed by atoms with E-state index in [9.17, 15) is 0 Å². The van der Waals surface area contributed by atoms with Gasteiger partial charge in [-0.25, -0.2) is 0 Å². The summed E-state index contributed by atoms with van der Waals surface area (Å²) in [7, 11) is 0. The molecule has 1 heterocycles.